The summed E-state index contributed by atoms with van der Waals surface area (Å²) in [6, 6.07) is 4.12. The fraction of sp³-hybridized carbons (Fsp3) is 0.625. The molecule has 2 N–H and O–H groups in total. The first-order valence-electron chi connectivity index (χ1n) is 7.15. The maximum atomic E-state index is 13.2. The van der Waals surface area contributed by atoms with Crippen molar-refractivity contribution in [1.82, 2.24) is 0 Å². The average molecular weight is 267 g/mol. The van der Waals surface area contributed by atoms with Gasteiger partial charge < -0.3 is 5.73 Å². The Kier molecular flexibility index (Phi) is 4.56. The molecule has 0 radical (unpaired) electrons. The van der Waals surface area contributed by atoms with Gasteiger partial charge in [0, 0.05) is 6.04 Å². The maximum Gasteiger partial charge on any atom is 0.159 e. The van der Waals surface area contributed by atoms with Crippen molar-refractivity contribution < 1.29 is 8.78 Å². The van der Waals surface area contributed by atoms with E-state index in [0.717, 1.165) is 18.4 Å². The molecule has 0 saturated heterocycles. The minimum Gasteiger partial charge on any atom is -0.327 e. The highest BCUT2D eigenvalue weighted by molar-refractivity contribution is 5.19. The van der Waals surface area contributed by atoms with Crippen LogP contribution in [0, 0.1) is 29.4 Å². The summed E-state index contributed by atoms with van der Waals surface area (Å²) in [5, 5.41) is 0. The van der Waals surface area contributed by atoms with Crippen LogP contribution in [-0.4, -0.2) is 6.04 Å². The molecule has 1 aliphatic carbocycles. The van der Waals surface area contributed by atoms with Crippen LogP contribution in [0.3, 0.4) is 0 Å². The molecular weight excluding hydrogens is 244 g/mol. The number of hydrogen-bond donors (Lipinski definition) is 1. The van der Waals surface area contributed by atoms with E-state index in [1.807, 2.05) is 0 Å². The molecule has 2 rings (SSSR count). The van der Waals surface area contributed by atoms with Gasteiger partial charge >= 0.3 is 0 Å². The van der Waals surface area contributed by atoms with E-state index in [1.165, 1.54) is 18.6 Å². The lowest BCUT2D eigenvalue weighted by Gasteiger charge is -2.35. The Hall–Kier alpha value is -0.960. The van der Waals surface area contributed by atoms with Gasteiger partial charge in [-0.2, -0.15) is 0 Å². The average Bonchev–Trinajstić information content (AvgIpc) is 2.32. The highest BCUT2D eigenvalue weighted by Crippen LogP contribution is 2.34. The molecule has 3 atom stereocenters. The van der Waals surface area contributed by atoms with Crippen LogP contribution in [0.15, 0.2) is 18.2 Å². The monoisotopic (exact) mass is 267 g/mol. The summed E-state index contributed by atoms with van der Waals surface area (Å²) in [4.78, 5) is 0. The van der Waals surface area contributed by atoms with E-state index in [4.69, 9.17) is 5.73 Å². The maximum absolute atomic E-state index is 13.2. The van der Waals surface area contributed by atoms with Crippen molar-refractivity contribution in [3.63, 3.8) is 0 Å². The van der Waals surface area contributed by atoms with E-state index in [-0.39, 0.29) is 6.04 Å². The van der Waals surface area contributed by atoms with Gasteiger partial charge in [0.2, 0.25) is 0 Å². The van der Waals surface area contributed by atoms with Crippen LogP contribution in [0.25, 0.3) is 0 Å². The Balaban J connectivity index is 1.99. The smallest absolute Gasteiger partial charge is 0.159 e. The van der Waals surface area contributed by atoms with E-state index in [0.29, 0.717) is 24.2 Å². The van der Waals surface area contributed by atoms with E-state index in [1.54, 1.807) is 6.07 Å². The highest BCUT2D eigenvalue weighted by Gasteiger charge is 2.28. The Bertz CT molecular complexity index is 423. The third-order valence-corrected chi connectivity index (χ3v) is 4.28. The standard InChI is InChI=1S/C16H23F2N/c1-10-5-11(2)7-13(6-10)16(19)9-12-3-4-14(17)15(18)8-12/h3-4,8,10-11,13,16H,5-7,9,19H2,1-2H3. The second-order valence-electron chi connectivity index (χ2n) is 6.29. The number of benzene rings is 1. The molecule has 0 spiro atoms. The minimum absolute atomic E-state index is 0.0371. The van der Waals surface area contributed by atoms with Crippen LogP contribution < -0.4 is 5.73 Å². The Morgan fingerprint density at radius 3 is 2.32 bits per heavy atom. The third kappa shape index (κ3) is 3.75. The molecule has 106 valence electrons. The van der Waals surface area contributed by atoms with Gasteiger partial charge in [0.05, 0.1) is 0 Å². The quantitative estimate of drug-likeness (QED) is 0.883. The predicted molar refractivity (Wildman–Crippen MR) is 73.7 cm³/mol. The van der Waals surface area contributed by atoms with Crippen LogP contribution >= 0.6 is 0 Å². The van der Waals surface area contributed by atoms with E-state index >= 15 is 0 Å². The molecule has 1 fully saturated rings. The minimum atomic E-state index is -0.794. The molecule has 3 unspecified atom stereocenters. The number of rotatable bonds is 3. The molecule has 0 aromatic heterocycles. The third-order valence-electron chi connectivity index (χ3n) is 4.28. The molecule has 0 aliphatic heterocycles. The summed E-state index contributed by atoms with van der Waals surface area (Å²) < 4.78 is 26.1. The second-order valence-corrected chi connectivity index (χ2v) is 6.29. The molecule has 0 amide bonds. The summed E-state index contributed by atoms with van der Waals surface area (Å²) >= 11 is 0. The molecule has 1 nitrogen and oxygen atoms in total. The molecule has 0 bridgehead atoms. The van der Waals surface area contributed by atoms with Gasteiger partial charge in [0.1, 0.15) is 0 Å². The van der Waals surface area contributed by atoms with Crippen molar-refractivity contribution in [2.45, 2.75) is 45.6 Å². The lowest BCUT2D eigenvalue weighted by atomic mass is 9.73. The summed E-state index contributed by atoms with van der Waals surface area (Å²) in [6.45, 7) is 4.54. The van der Waals surface area contributed by atoms with Crippen molar-refractivity contribution in [3.8, 4) is 0 Å². The summed E-state index contributed by atoms with van der Waals surface area (Å²) in [7, 11) is 0. The van der Waals surface area contributed by atoms with Crippen molar-refractivity contribution in [1.29, 1.82) is 0 Å². The van der Waals surface area contributed by atoms with Gasteiger partial charge in [-0.15, -0.1) is 0 Å². The SMILES string of the molecule is CC1CC(C)CC(C(N)Cc2ccc(F)c(F)c2)C1. The normalized spacial score (nSPS) is 29.2. The van der Waals surface area contributed by atoms with E-state index in [9.17, 15) is 8.78 Å². The highest BCUT2D eigenvalue weighted by atomic mass is 19.2. The lowest BCUT2D eigenvalue weighted by Crippen LogP contribution is -2.37. The number of nitrogens with two attached hydrogens (primary N) is 1. The zero-order chi connectivity index (χ0) is 14.0. The van der Waals surface area contributed by atoms with Crippen LogP contribution in [0.1, 0.15) is 38.7 Å². The van der Waals surface area contributed by atoms with Gasteiger partial charge in [-0.3, -0.25) is 0 Å². The molecule has 3 heteroatoms. The predicted octanol–water partition coefficient (Wildman–Crippen LogP) is 3.91. The molecule has 1 aromatic rings. The zero-order valence-corrected chi connectivity index (χ0v) is 11.7. The largest absolute Gasteiger partial charge is 0.327 e. The summed E-state index contributed by atoms with van der Waals surface area (Å²) in [6.07, 6.45) is 4.19. The topological polar surface area (TPSA) is 26.0 Å². The van der Waals surface area contributed by atoms with Crippen LogP contribution in [-0.2, 0) is 6.42 Å². The van der Waals surface area contributed by atoms with Gasteiger partial charge in [-0.25, -0.2) is 8.78 Å². The van der Waals surface area contributed by atoms with E-state index < -0.39 is 11.6 Å². The summed E-state index contributed by atoms with van der Waals surface area (Å²) in [5.41, 5.74) is 7.07. The Morgan fingerprint density at radius 2 is 1.74 bits per heavy atom. The first-order chi connectivity index (χ1) is 8.95. The fourth-order valence-corrected chi connectivity index (χ4v) is 3.46. The molecule has 0 heterocycles. The number of halogens is 2. The van der Waals surface area contributed by atoms with Gasteiger partial charge in [-0.1, -0.05) is 19.9 Å². The number of hydrogen-bond acceptors (Lipinski definition) is 1. The molecular formula is C16H23F2N. The Morgan fingerprint density at radius 1 is 1.11 bits per heavy atom. The van der Waals surface area contributed by atoms with Crippen molar-refractivity contribution in [2.75, 3.05) is 0 Å². The van der Waals surface area contributed by atoms with Crippen LogP contribution in [0.5, 0.6) is 0 Å². The first kappa shape index (κ1) is 14.4. The van der Waals surface area contributed by atoms with Crippen molar-refractivity contribution in [3.05, 3.63) is 35.4 Å². The van der Waals surface area contributed by atoms with Gasteiger partial charge in [-0.05, 0) is 61.1 Å². The van der Waals surface area contributed by atoms with Crippen molar-refractivity contribution >= 4 is 0 Å². The van der Waals surface area contributed by atoms with Crippen LogP contribution in [0.4, 0.5) is 8.78 Å². The molecule has 19 heavy (non-hydrogen) atoms. The zero-order valence-electron chi connectivity index (χ0n) is 11.7. The molecule has 1 aromatic carbocycles. The lowest BCUT2D eigenvalue weighted by molar-refractivity contribution is 0.192. The van der Waals surface area contributed by atoms with E-state index in [2.05, 4.69) is 13.8 Å². The Labute approximate surface area is 114 Å². The summed E-state index contributed by atoms with van der Waals surface area (Å²) in [5.74, 6) is 0.341. The second kappa shape index (κ2) is 6.00. The first-order valence-corrected chi connectivity index (χ1v) is 7.15. The molecule has 1 saturated carbocycles. The van der Waals surface area contributed by atoms with Crippen molar-refractivity contribution in [2.24, 2.45) is 23.5 Å². The van der Waals surface area contributed by atoms with Crippen LogP contribution in [0.2, 0.25) is 0 Å². The molecule has 1 aliphatic rings. The van der Waals surface area contributed by atoms with Gasteiger partial charge in [0.25, 0.3) is 0 Å². The van der Waals surface area contributed by atoms with Gasteiger partial charge in [0.15, 0.2) is 11.6 Å². The fourth-order valence-electron chi connectivity index (χ4n) is 3.46.